The van der Waals surface area contributed by atoms with Crippen LogP contribution in [-0.4, -0.2) is 47.0 Å². The molecule has 1 aliphatic heterocycles. The molecular weight excluding hydrogens is 513 g/mol. The second-order valence-corrected chi connectivity index (χ2v) is 7.67. The summed E-state index contributed by atoms with van der Waals surface area (Å²) in [4.78, 5) is 48.2. The number of carboxylic acids is 1. The third kappa shape index (κ3) is 5.42. The van der Waals surface area contributed by atoms with Gasteiger partial charge in [-0.3, -0.25) is 9.59 Å². The third-order valence-electron chi connectivity index (χ3n) is 4.08. The van der Waals surface area contributed by atoms with E-state index in [1.54, 1.807) is 0 Å². The van der Waals surface area contributed by atoms with E-state index in [1.807, 2.05) is 0 Å². The van der Waals surface area contributed by atoms with Crippen LogP contribution in [0.3, 0.4) is 0 Å². The number of ether oxygens (including phenoxy) is 1. The molecule has 2 aromatic rings. The lowest BCUT2D eigenvalue weighted by molar-refractivity contribution is -0.139. The van der Waals surface area contributed by atoms with Crippen LogP contribution in [0.25, 0.3) is 6.08 Å². The quantitative estimate of drug-likeness (QED) is 0.376. The van der Waals surface area contributed by atoms with Crippen LogP contribution < -0.4 is 15.4 Å². The third-order valence-corrected chi connectivity index (χ3v) is 4.95. The van der Waals surface area contributed by atoms with E-state index >= 15 is 0 Å². The Morgan fingerprint density at radius 2 is 2.00 bits per heavy atom. The van der Waals surface area contributed by atoms with Crippen LogP contribution in [0.4, 0.5) is 14.9 Å². The number of aliphatic carboxylic acids is 1. The summed E-state index contributed by atoms with van der Waals surface area (Å²) in [6, 6.07) is 7.56. The maximum absolute atomic E-state index is 13.7. The average molecular weight is 527 g/mol. The number of hydrogen-bond donors (Lipinski definition) is 3. The molecule has 1 saturated heterocycles. The molecule has 0 spiro atoms. The first-order valence-corrected chi connectivity index (χ1v) is 10.1. The zero-order chi connectivity index (χ0) is 23.4. The van der Waals surface area contributed by atoms with E-state index in [0.717, 1.165) is 6.07 Å². The first-order chi connectivity index (χ1) is 15.2. The van der Waals surface area contributed by atoms with Gasteiger partial charge in [0.25, 0.3) is 5.91 Å². The minimum absolute atomic E-state index is 0.0744. The number of carbonyl (C=O) groups is 4. The molecule has 0 bridgehead atoms. The number of para-hydroxylation sites is 1. The lowest BCUT2D eigenvalue weighted by Crippen LogP contribution is -2.38. The first kappa shape index (κ1) is 23.2. The highest BCUT2D eigenvalue weighted by Gasteiger charge is 2.35. The molecule has 9 nitrogen and oxygen atoms in total. The Bertz CT molecular complexity index is 1130. The summed E-state index contributed by atoms with van der Waals surface area (Å²) in [6.45, 7) is -1.22. The summed E-state index contributed by atoms with van der Waals surface area (Å²) < 4.78 is 19.1. The highest BCUT2D eigenvalue weighted by Crippen LogP contribution is 2.35. The van der Waals surface area contributed by atoms with Gasteiger partial charge in [0.2, 0.25) is 5.91 Å². The van der Waals surface area contributed by atoms with Gasteiger partial charge in [-0.15, -0.1) is 0 Å². The molecule has 32 heavy (non-hydrogen) atoms. The summed E-state index contributed by atoms with van der Waals surface area (Å²) in [5.41, 5.74) is 0.201. The number of nitrogens with one attached hydrogen (secondary N) is 2. The van der Waals surface area contributed by atoms with Crippen molar-refractivity contribution in [2.24, 2.45) is 0 Å². The summed E-state index contributed by atoms with van der Waals surface area (Å²) in [5.74, 6) is -3.26. The number of anilines is 1. The molecule has 3 rings (SSSR count). The lowest BCUT2D eigenvalue weighted by atomic mass is 10.2. The monoisotopic (exact) mass is 525 g/mol. The van der Waals surface area contributed by atoms with Gasteiger partial charge in [0, 0.05) is 0 Å². The van der Waals surface area contributed by atoms with E-state index in [-0.39, 0.29) is 22.2 Å². The second-order valence-electron chi connectivity index (χ2n) is 6.40. The number of benzene rings is 2. The number of amides is 4. The predicted octanol–water partition coefficient (Wildman–Crippen LogP) is 3.24. The van der Waals surface area contributed by atoms with Gasteiger partial charge in [0.1, 0.15) is 18.1 Å². The van der Waals surface area contributed by atoms with Crippen molar-refractivity contribution >= 4 is 63.1 Å². The molecule has 12 heteroatoms. The number of nitrogens with zero attached hydrogens (tertiary/aromatic N) is 1. The Morgan fingerprint density at radius 3 is 2.66 bits per heavy atom. The van der Waals surface area contributed by atoms with Crippen molar-refractivity contribution in [2.75, 3.05) is 18.5 Å². The minimum atomic E-state index is -1.18. The van der Waals surface area contributed by atoms with Gasteiger partial charge < -0.3 is 20.5 Å². The largest absolute Gasteiger partial charge is 0.479 e. The molecule has 1 aliphatic rings. The molecule has 2 aromatic carbocycles. The van der Waals surface area contributed by atoms with Gasteiger partial charge in [0.05, 0.1) is 15.2 Å². The number of urea groups is 1. The van der Waals surface area contributed by atoms with Crippen molar-refractivity contribution in [3.8, 4) is 5.75 Å². The molecule has 0 aliphatic carbocycles. The standard InChI is InChI=1S/C20H14BrClFN3O6/c21-11-5-10(6-12(22)18(11)32-9-17(28)29)7-15-19(30)26(20(31)25-15)8-16(27)24-14-4-2-1-3-13(14)23/h1-7H,8-9H2,(H,24,27)(H,25,31)(H,28,29)/b15-7+. The number of carbonyl (C=O) groups excluding carboxylic acids is 3. The lowest BCUT2D eigenvalue weighted by Gasteiger charge is -2.12. The molecule has 1 heterocycles. The summed E-state index contributed by atoms with van der Waals surface area (Å²) in [5, 5.41) is 13.4. The fourth-order valence-electron chi connectivity index (χ4n) is 2.71. The SMILES string of the molecule is O=C(O)COc1c(Cl)cc(/C=C2/NC(=O)N(CC(=O)Nc3ccccc3F)C2=O)cc1Br. The average Bonchev–Trinajstić information content (AvgIpc) is 2.96. The molecule has 4 amide bonds. The summed E-state index contributed by atoms with van der Waals surface area (Å²) >= 11 is 9.32. The van der Waals surface area contributed by atoms with E-state index in [2.05, 4.69) is 26.6 Å². The van der Waals surface area contributed by atoms with E-state index in [4.69, 9.17) is 21.4 Å². The number of carboxylic acid groups (broad SMARTS) is 1. The van der Waals surface area contributed by atoms with Crippen molar-refractivity contribution < 1.29 is 33.4 Å². The Morgan fingerprint density at radius 1 is 1.28 bits per heavy atom. The maximum Gasteiger partial charge on any atom is 0.341 e. The highest BCUT2D eigenvalue weighted by atomic mass is 79.9. The van der Waals surface area contributed by atoms with E-state index in [1.165, 1.54) is 36.4 Å². The van der Waals surface area contributed by atoms with E-state index in [9.17, 15) is 23.6 Å². The normalized spacial score (nSPS) is 14.5. The van der Waals surface area contributed by atoms with Crippen LogP contribution in [-0.2, 0) is 14.4 Å². The number of halogens is 3. The second kappa shape index (κ2) is 9.79. The van der Waals surface area contributed by atoms with Gasteiger partial charge in [0.15, 0.2) is 12.4 Å². The Kier molecular flexibility index (Phi) is 7.11. The topological polar surface area (TPSA) is 125 Å². The molecule has 0 saturated carbocycles. The molecule has 0 atom stereocenters. The van der Waals surface area contributed by atoms with Crippen molar-refractivity contribution in [1.82, 2.24) is 10.2 Å². The van der Waals surface area contributed by atoms with E-state index < -0.39 is 42.8 Å². The highest BCUT2D eigenvalue weighted by molar-refractivity contribution is 9.10. The molecule has 0 unspecified atom stereocenters. The summed E-state index contributed by atoms with van der Waals surface area (Å²) in [7, 11) is 0. The van der Waals surface area contributed by atoms with Crippen molar-refractivity contribution in [3.63, 3.8) is 0 Å². The number of hydrogen-bond acceptors (Lipinski definition) is 5. The van der Waals surface area contributed by atoms with Crippen LogP contribution in [0.15, 0.2) is 46.6 Å². The molecule has 3 N–H and O–H groups in total. The molecule has 0 aromatic heterocycles. The van der Waals surface area contributed by atoms with Gasteiger partial charge in [-0.25, -0.2) is 18.9 Å². The van der Waals surface area contributed by atoms with Crippen molar-refractivity contribution in [2.45, 2.75) is 0 Å². The molecule has 166 valence electrons. The smallest absolute Gasteiger partial charge is 0.341 e. The Hall–Kier alpha value is -3.44. The van der Waals surface area contributed by atoms with Gasteiger partial charge >= 0.3 is 12.0 Å². The van der Waals surface area contributed by atoms with Crippen LogP contribution >= 0.6 is 27.5 Å². The molecule has 0 radical (unpaired) electrons. The maximum atomic E-state index is 13.7. The molecular formula is C20H14BrClFN3O6. The first-order valence-electron chi connectivity index (χ1n) is 8.88. The fourth-order valence-corrected chi connectivity index (χ4v) is 3.70. The van der Waals surface area contributed by atoms with Crippen molar-refractivity contribution in [1.29, 1.82) is 0 Å². The van der Waals surface area contributed by atoms with Crippen LogP contribution in [0, 0.1) is 5.82 Å². The Labute approximate surface area is 193 Å². The van der Waals surface area contributed by atoms with Crippen LogP contribution in [0.2, 0.25) is 5.02 Å². The van der Waals surface area contributed by atoms with Gasteiger partial charge in [-0.1, -0.05) is 23.7 Å². The fraction of sp³-hybridized carbons (Fsp3) is 0.100. The number of rotatable bonds is 7. The van der Waals surface area contributed by atoms with Crippen molar-refractivity contribution in [3.05, 3.63) is 63.0 Å². The minimum Gasteiger partial charge on any atom is -0.479 e. The predicted molar refractivity (Wildman–Crippen MR) is 116 cm³/mol. The number of imide groups is 1. The molecule has 1 fully saturated rings. The van der Waals surface area contributed by atoms with Crippen LogP contribution in [0.5, 0.6) is 5.75 Å². The van der Waals surface area contributed by atoms with Gasteiger partial charge in [-0.2, -0.15) is 0 Å². The van der Waals surface area contributed by atoms with E-state index in [0.29, 0.717) is 14.9 Å². The van der Waals surface area contributed by atoms with Crippen LogP contribution in [0.1, 0.15) is 5.56 Å². The Balaban J connectivity index is 1.73. The zero-order valence-corrected chi connectivity index (χ0v) is 18.4. The van der Waals surface area contributed by atoms with Gasteiger partial charge in [-0.05, 0) is 51.8 Å². The zero-order valence-electron chi connectivity index (χ0n) is 16.0. The summed E-state index contributed by atoms with van der Waals surface area (Å²) in [6.07, 6.45) is 1.33.